The SMILES string of the molecule is NC(=O)CN1CCC[C@@H](c2nccnc2Nc2nccs2)C1. The van der Waals surface area contributed by atoms with Gasteiger partial charge >= 0.3 is 0 Å². The minimum atomic E-state index is -0.291. The minimum absolute atomic E-state index is 0.240. The number of thiazole rings is 1. The topological polar surface area (TPSA) is 97.0 Å². The first-order valence-electron chi connectivity index (χ1n) is 7.20. The molecule has 0 radical (unpaired) electrons. The lowest BCUT2D eigenvalue weighted by Crippen LogP contribution is -2.40. The van der Waals surface area contributed by atoms with E-state index in [4.69, 9.17) is 5.73 Å². The summed E-state index contributed by atoms with van der Waals surface area (Å²) in [5.41, 5.74) is 6.22. The van der Waals surface area contributed by atoms with Gasteiger partial charge in [-0.05, 0) is 19.4 Å². The van der Waals surface area contributed by atoms with Crippen LogP contribution in [0.5, 0.6) is 0 Å². The Bertz CT molecular complexity index is 632. The first-order valence-corrected chi connectivity index (χ1v) is 8.08. The highest BCUT2D eigenvalue weighted by atomic mass is 32.1. The van der Waals surface area contributed by atoms with Crippen molar-refractivity contribution in [1.82, 2.24) is 19.9 Å². The Morgan fingerprint density at radius 2 is 2.23 bits per heavy atom. The summed E-state index contributed by atoms with van der Waals surface area (Å²) in [6.45, 7) is 1.97. The number of nitrogens with one attached hydrogen (secondary N) is 1. The second kappa shape index (κ2) is 6.80. The van der Waals surface area contributed by atoms with Crippen molar-refractivity contribution in [2.45, 2.75) is 18.8 Å². The zero-order chi connectivity index (χ0) is 15.4. The Labute approximate surface area is 132 Å². The fourth-order valence-electron chi connectivity index (χ4n) is 2.77. The van der Waals surface area contributed by atoms with Crippen molar-refractivity contribution in [3.8, 4) is 0 Å². The zero-order valence-electron chi connectivity index (χ0n) is 12.1. The van der Waals surface area contributed by atoms with Gasteiger partial charge in [0, 0.05) is 36.4 Å². The van der Waals surface area contributed by atoms with Crippen LogP contribution in [0.4, 0.5) is 10.9 Å². The summed E-state index contributed by atoms with van der Waals surface area (Å²) < 4.78 is 0. The fourth-order valence-corrected chi connectivity index (χ4v) is 3.30. The van der Waals surface area contributed by atoms with Crippen LogP contribution in [0.1, 0.15) is 24.5 Å². The molecule has 7 nitrogen and oxygen atoms in total. The van der Waals surface area contributed by atoms with Crippen LogP contribution in [-0.2, 0) is 4.79 Å². The molecule has 3 rings (SSSR count). The van der Waals surface area contributed by atoms with Crippen molar-refractivity contribution in [1.29, 1.82) is 0 Å². The van der Waals surface area contributed by atoms with Crippen molar-refractivity contribution in [2.24, 2.45) is 5.73 Å². The third kappa shape index (κ3) is 3.58. The molecule has 1 fully saturated rings. The molecule has 1 aliphatic heterocycles. The summed E-state index contributed by atoms with van der Waals surface area (Å²) in [5, 5.41) is 5.94. The molecule has 8 heteroatoms. The Hall–Kier alpha value is -2.06. The van der Waals surface area contributed by atoms with Crippen molar-refractivity contribution in [3.63, 3.8) is 0 Å². The molecule has 1 aliphatic rings. The lowest BCUT2D eigenvalue weighted by Gasteiger charge is -2.31. The largest absolute Gasteiger partial charge is 0.369 e. The lowest BCUT2D eigenvalue weighted by atomic mass is 9.94. The Kier molecular flexibility index (Phi) is 4.59. The normalized spacial score (nSPS) is 19.0. The maximum atomic E-state index is 11.1. The van der Waals surface area contributed by atoms with Crippen LogP contribution in [0.15, 0.2) is 24.0 Å². The average Bonchev–Trinajstić information content (AvgIpc) is 3.00. The molecule has 0 aromatic carbocycles. The van der Waals surface area contributed by atoms with Crippen LogP contribution >= 0.6 is 11.3 Å². The predicted molar refractivity (Wildman–Crippen MR) is 85.0 cm³/mol. The molecule has 3 heterocycles. The van der Waals surface area contributed by atoms with E-state index in [9.17, 15) is 4.79 Å². The highest BCUT2D eigenvalue weighted by molar-refractivity contribution is 7.13. The van der Waals surface area contributed by atoms with Crippen molar-refractivity contribution in [2.75, 3.05) is 25.0 Å². The maximum absolute atomic E-state index is 11.1. The number of likely N-dealkylation sites (tertiary alicyclic amines) is 1. The number of piperidine rings is 1. The first kappa shape index (κ1) is 14.9. The Balaban J connectivity index is 1.77. The number of rotatable bonds is 5. The molecule has 0 saturated carbocycles. The Morgan fingerprint density at radius 1 is 1.36 bits per heavy atom. The zero-order valence-corrected chi connectivity index (χ0v) is 12.9. The second-order valence-corrected chi connectivity index (χ2v) is 6.19. The van der Waals surface area contributed by atoms with Crippen LogP contribution in [0, 0.1) is 0 Å². The van der Waals surface area contributed by atoms with Gasteiger partial charge in [0.2, 0.25) is 5.91 Å². The third-order valence-corrected chi connectivity index (χ3v) is 4.34. The van der Waals surface area contributed by atoms with Crippen molar-refractivity contribution >= 4 is 28.2 Å². The molecule has 1 amide bonds. The number of nitrogens with zero attached hydrogens (tertiary/aromatic N) is 4. The van der Waals surface area contributed by atoms with E-state index >= 15 is 0 Å². The molecule has 2 aromatic rings. The number of carbonyl (C=O) groups excluding carboxylic acids is 1. The molecular formula is C14H18N6OS. The van der Waals surface area contributed by atoms with Gasteiger partial charge in [-0.2, -0.15) is 0 Å². The van der Waals surface area contributed by atoms with Gasteiger partial charge in [-0.25, -0.2) is 9.97 Å². The number of hydrogen-bond acceptors (Lipinski definition) is 7. The van der Waals surface area contributed by atoms with Crippen LogP contribution in [0.3, 0.4) is 0 Å². The first-order chi connectivity index (χ1) is 10.7. The van der Waals surface area contributed by atoms with Crippen molar-refractivity contribution < 1.29 is 4.79 Å². The van der Waals surface area contributed by atoms with E-state index in [1.807, 2.05) is 5.38 Å². The monoisotopic (exact) mass is 318 g/mol. The van der Waals surface area contributed by atoms with Gasteiger partial charge in [0.05, 0.1) is 12.2 Å². The highest BCUT2D eigenvalue weighted by Crippen LogP contribution is 2.30. The molecule has 3 N–H and O–H groups in total. The van der Waals surface area contributed by atoms with Crippen LogP contribution in [-0.4, -0.2) is 45.4 Å². The summed E-state index contributed by atoms with van der Waals surface area (Å²) in [7, 11) is 0. The number of hydrogen-bond donors (Lipinski definition) is 2. The number of aromatic nitrogens is 3. The number of primary amides is 1. The molecule has 0 unspecified atom stereocenters. The second-order valence-electron chi connectivity index (χ2n) is 5.29. The minimum Gasteiger partial charge on any atom is -0.369 e. The molecule has 0 aliphatic carbocycles. The summed E-state index contributed by atoms with van der Waals surface area (Å²) in [5.74, 6) is 0.688. The molecule has 22 heavy (non-hydrogen) atoms. The smallest absolute Gasteiger partial charge is 0.231 e. The van der Waals surface area contributed by atoms with Gasteiger partial charge in [-0.15, -0.1) is 11.3 Å². The summed E-state index contributed by atoms with van der Waals surface area (Å²) in [6, 6.07) is 0. The van der Waals surface area contributed by atoms with E-state index in [0.717, 1.165) is 42.6 Å². The predicted octanol–water partition coefficient (Wildman–Crippen LogP) is 1.34. The molecule has 0 spiro atoms. The third-order valence-electron chi connectivity index (χ3n) is 3.66. The van der Waals surface area contributed by atoms with E-state index in [2.05, 4.69) is 25.2 Å². The van der Waals surface area contributed by atoms with Gasteiger partial charge in [-0.1, -0.05) is 0 Å². The lowest BCUT2D eigenvalue weighted by molar-refractivity contribution is -0.119. The van der Waals surface area contributed by atoms with Crippen molar-refractivity contribution in [3.05, 3.63) is 29.7 Å². The van der Waals surface area contributed by atoms with Crippen LogP contribution < -0.4 is 11.1 Å². The van der Waals surface area contributed by atoms with E-state index in [0.29, 0.717) is 6.54 Å². The van der Waals surface area contributed by atoms with E-state index < -0.39 is 0 Å². The quantitative estimate of drug-likeness (QED) is 0.863. The molecular weight excluding hydrogens is 300 g/mol. The molecule has 116 valence electrons. The van der Waals surface area contributed by atoms with E-state index in [1.165, 1.54) is 11.3 Å². The number of anilines is 2. The Morgan fingerprint density at radius 3 is 3.00 bits per heavy atom. The van der Waals surface area contributed by atoms with Gasteiger partial charge in [-0.3, -0.25) is 14.7 Å². The average molecular weight is 318 g/mol. The van der Waals surface area contributed by atoms with Crippen LogP contribution in [0.25, 0.3) is 0 Å². The van der Waals surface area contributed by atoms with E-state index in [-0.39, 0.29) is 11.8 Å². The number of nitrogens with two attached hydrogens (primary N) is 1. The summed E-state index contributed by atoms with van der Waals surface area (Å²) in [6.07, 6.45) is 7.17. The molecule has 2 aromatic heterocycles. The molecule has 0 bridgehead atoms. The fraction of sp³-hybridized carbons (Fsp3) is 0.429. The number of amides is 1. The molecule has 1 atom stereocenters. The standard InChI is InChI=1S/C14H18N6OS/c15-11(21)9-20-6-1-2-10(8-20)12-13(17-4-3-16-12)19-14-18-5-7-22-14/h3-5,7,10H,1-2,6,8-9H2,(H2,15,21)(H,17,18,19)/t10-/m1/s1. The highest BCUT2D eigenvalue weighted by Gasteiger charge is 2.25. The van der Waals surface area contributed by atoms with Gasteiger partial charge in [0.25, 0.3) is 0 Å². The van der Waals surface area contributed by atoms with Gasteiger partial charge < -0.3 is 11.1 Å². The van der Waals surface area contributed by atoms with E-state index in [1.54, 1.807) is 18.6 Å². The molecule has 1 saturated heterocycles. The number of carbonyl (C=O) groups is 1. The maximum Gasteiger partial charge on any atom is 0.231 e. The summed E-state index contributed by atoms with van der Waals surface area (Å²) >= 11 is 1.52. The summed E-state index contributed by atoms with van der Waals surface area (Å²) in [4.78, 5) is 26.3. The van der Waals surface area contributed by atoms with Gasteiger partial charge in [0.15, 0.2) is 10.9 Å². The van der Waals surface area contributed by atoms with Crippen LogP contribution in [0.2, 0.25) is 0 Å². The van der Waals surface area contributed by atoms with Gasteiger partial charge in [0.1, 0.15) is 0 Å².